The molecule has 18 heavy (non-hydrogen) atoms. The molecule has 2 rings (SSSR count). The molecule has 2 aromatic rings. The summed E-state index contributed by atoms with van der Waals surface area (Å²) in [6.07, 6.45) is 2.23. The number of nitrogens with two attached hydrogens (primary N) is 1. The molecule has 0 aliphatic rings. The third-order valence-electron chi connectivity index (χ3n) is 2.98. The highest BCUT2D eigenvalue weighted by Gasteiger charge is 2.08. The van der Waals surface area contributed by atoms with Crippen molar-refractivity contribution in [3.8, 4) is 0 Å². The Labute approximate surface area is 112 Å². The number of halogens is 1. The van der Waals surface area contributed by atoms with Gasteiger partial charge in [-0.05, 0) is 51.7 Å². The second kappa shape index (κ2) is 5.59. The maximum Gasteiger partial charge on any atom is 0.201 e. The number of nitrogens with zero attached hydrogens (tertiary/aromatic N) is 3. The summed E-state index contributed by atoms with van der Waals surface area (Å²) in [6, 6.07) is 5.67. The van der Waals surface area contributed by atoms with Gasteiger partial charge >= 0.3 is 0 Å². The van der Waals surface area contributed by atoms with Gasteiger partial charge in [-0.3, -0.25) is 0 Å². The summed E-state index contributed by atoms with van der Waals surface area (Å²) in [7, 11) is 4.17. The molecule has 0 saturated heterocycles. The van der Waals surface area contributed by atoms with Crippen molar-refractivity contribution < 1.29 is 0 Å². The molecule has 0 atom stereocenters. The summed E-state index contributed by atoms with van der Waals surface area (Å²) in [6.45, 7) is 1.98. The number of aryl methyl sites for hydroxylation is 1. The molecule has 0 radical (unpaired) electrons. The Balaban J connectivity index is 2.12. The monoisotopic (exact) mass is 266 g/mol. The van der Waals surface area contributed by atoms with Crippen LogP contribution in [0.4, 0.5) is 5.95 Å². The highest BCUT2D eigenvalue weighted by atomic mass is 35.5. The third kappa shape index (κ3) is 2.94. The summed E-state index contributed by atoms with van der Waals surface area (Å²) in [5.74, 6) is 0.567. The quantitative estimate of drug-likeness (QED) is 0.847. The van der Waals surface area contributed by atoms with Crippen LogP contribution in [0.15, 0.2) is 18.2 Å². The molecule has 0 spiro atoms. The van der Waals surface area contributed by atoms with Gasteiger partial charge in [0.15, 0.2) is 0 Å². The molecule has 4 nitrogen and oxygen atoms in total. The van der Waals surface area contributed by atoms with E-state index in [9.17, 15) is 0 Å². The van der Waals surface area contributed by atoms with Gasteiger partial charge in [-0.25, -0.2) is 4.98 Å². The molecule has 0 fully saturated rings. The van der Waals surface area contributed by atoms with Crippen molar-refractivity contribution in [1.82, 2.24) is 14.5 Å². The van der Waals surface area contributed by atoms with Gasteiger partial charge in [-0.1, -0.05) is 11.6 Å². The average molecular weight is 267 g/mol. The van der Waals surface area contributed by atoms with E-state index in [0.29, 0.717) is 5.95 Å². The number of aromatic nitrogens is 2. The number of fused-ring (bicyclic) bond motifs is 1. The molecule has 1 heterocycles. The fraction of sp³-hybridized carbons (Fsp3) is 0.462. The highest BCUT2D eigenvalue weighted by molar-refractivity contribution is 6.31. The van der Waals surface area contributed by atoms with Gasteiger partial charge in [0.1, 0.15) is 0 Å². The van der Waals surface area contributed by atoms with E-state index in [0.717, 1.165) is 42.0 Å². The average Bonchev–Trinajstić information content (AvgIpc) is 2.60. The van der Waals surface area contributed by atoms with Gasteiger partial charge in [-0.15, -0.1) is 0 Å². The van der Waals surface area contributed by atoms with Crippen molar-refractivity contribution in [3.05, 3.63) is 23.2 Å². The Morgan fingerprint density at radius 2 is 2.11 bits per heavy atom. The van der Waals surface area contributed by atoms with E-state index in [-0.39, 0.29) is 0 Å². The van der Waals surface area contributed by atoms with Crippen molar-refractivity contribution in [2.24, 2.45) is 0 Å². The molecule has 5 heteroatoms. The zero-order valence-electron chi connectivity index (χ0n) is 10.9. The normalized spacial score (nSPS) is 11.6. The SMILES string of the molecule is CN(C)CCCCn1c(N)nc2ccc(Cl)cc21. The summed E-state index contributed by atoms with van der Waals surface area (Å²) in [5.41, 5.74) is 7.87. The third-order valence-corrected chi connectivity index (χ3v) is 3.21. The number of rotatable bonds is 5. The van der Waals surface area contributed by atoms with Crippen LogP contribution in [0.5, 0.6) is 0 Å². The molecular weight excluding hydrogens is 248 g/mol. The Hall–Kier alpha value is -1.26. The second-order valence-electron chi connectivity index (χ2n) is 4.77. The molecule has 0 amide bonds. The van der Waals surface area contributed by atoms with E-state index >= 15 is 0 Å². The molecule has 0 aliphatic carbocycles. The molecule has 1 aromatic heterocycles. The molecule has 2 N–H and O–H groups in total. The first-order chi connectivity index (χ1) is 8.58. The van der Waals surface area contributed by atoms with Crippen molar-refractivity contribution in [2.45, 2.75) is 19.4 Å². The number of benzene rings is 1. The van der Waals surface area contributed by atoms with E-state index in [1.165, 1.54) is 0 Å². The number of hydrogen-bond donors (Lipinski definition) is 1. The number of anilines is 1. The minimum atomic E-state index is 0.567. The van der Waals surface area contributed by atoms with Gasteiger partial charge in [0.2, 0.25) is 5.95 Å². The Morgan fingerprint density at radius 3 is 2.83 bits per heavy atom. The highest BCUT2D eigenvalue weighted by Crippen LogP contribution is 2.22. The maximum absolute atomic E-state index is 6.01. The van der Waals surface area contributed by atoms with Crippen LogP contribution < -0.4 is 5.73 Å². The van der Waals surface area contributed by atoms with Gasteiger partial charge < -0.3 is 15.2 Å². The van der Waals surface area contributed by atoms with Crippen molar-refractivity contribution in [3.63, 3.8) is 0 Å². The van der Waals surface area contributed by atoms with Crippen LogP contribution in [0.3, 0.4) is 0 Å². The summed E-state index contributed by atoms with van der Waals surface area (Å²) in [5, 5.41) is 0.719. The fourth-order valence-corrected chi connectivity index (χ4v) is 2.21. The van der Waals surface area contributed by atoms with Crippen LogP contribution in [0.25, 0.3) is 11.0 Å². The molecule has 0 unspecified atom stereocenters. The Kier molecular flexibility index (Phi) is 4.09. The maximum atomic E-state index is 6.01. The fourth-order valence-electron chi connectivity index (χ4n) is 2.05. The van der Waals surface area contributed by atoms with Crippen molar-refractivity contribution >= 4 is 28.6 Å². The van der Waals surface area contributed by atoms with Crippen LogP contribution in [0, 0.1) is 0 Å². The van der Waals surface area contributed by atoms with Gasteiger partial charge in [0, 0.05) is 11.6 Å². The number of nitrogen functional groups attached to an aromatic ring is 1. The van der Waals surface area contributed by atoms with Gasteiger partial charge in [0.05, 0.1) is 11.0 Å². The number of unbranched alkanes of at least 4 members (excludes halogenated alkanes) is 1. The predicted molar refractivity (Wildman–Crippen MR) is 76.9 cm³/mol. The molecule has 0 aliphatic heterocycles. The van der Waals surface area contributed by atoms with Crippen LogP contribution in [-0.2, 0) is 6.54 Å². The van der Waals surface area contributed by atoms with Crippen LogP contribution in [-0.4, -0.2) is 35.1 Å². The molecular formula is C13H19ClN4. The zero-order valence-corrected chi connectivity index (χ0v) is 11.6. The lowest BCUT2D eigenvalue weighted by atomic mass is 10.2. The number of imidazole rings is 1. The van der Waals surface area contributed by atoms with Gasteiger partial charge in [0.25, 0.3) is 0 Å². The van der Waals surface area contributed by atoms with Crippen molar-refractivity contribution in [1.29, 1.82) is 0 Å². The van der Waals surface area contributed by atoms with Crippen LogP contribution in [0.1, 0.15) is 12.8 Å². The Bertz CT molecular complexity index is 533. The lowest BCUT2D eigenvalue weighted by Gasteiger charge is -2.10. The first-order valence-corrected chi connectivity index (χ1v) is 6.51. The Morgan fingerprint density at radius 1 is 1.33 bits per heavy atom. The van der Waals surface area contributed by atoms with Crippen molar-refractivity contribution in [2.75, 3.05) is 26.4 Å². The summed E-state index contributed by atoms with van der Waals surface area (Å²) < 4.78 is 2.04. The smallest absolute Gasteiger partial charge is 0.201 e. The van der Waals surface area contributed by atoms with E-state index < -0.39 is 0 Å². The molecule has 1 aromatic carbocycles. The van der Waals surface area contributed by atoms with Crippen LogP contribution >= 0.6 is 11.6 Å². The number of hydrogen-bond acceptors (Lipinski definition) is 3. The van der Waals surface area contributed by atoms with E-state index in [4.69, 9.17) is 17.3 Å². The molecule has 0 bridgehead atoms. The minimum Gasteiger partial charge on any atom is -0.369 e. The molecule has 0 saturated carbocycles. The standard InChI is InChI=1S/C13H19ClN4/c1-17(2)7-3-4-8-18-12-9-10(14)5-6-11(12)16-13(18)15/h5-6,9H,3-4,7-8H2,1-2H3,(H2,15,16). The topological polar surface area (TPSA) is 47.1 Å². The second-order valence-corrected chi connectivity index (χ2v) is 5.20. The lowest BCUT2D eigenvalue weighted by molar-refractivity contribution is 0.388. The van der Waals surface area contributed by atoms with E-state index in [1.807, 2.05) is 22.8 Å². The molecule has 98 valence electrons. The minimum absolute atomic E-state index is 0.567. The summed E-state index contributed by atoms with van der Waals surface area (Å²) >= 11 is 6.01. The largest absolute Gasteiger partial charge is 0.369 e. The zero-order chi connectivity index (χ0) is 13.1. The van der Waals surface area contributed by atoms with Crippen LogP contribution in [0.2, 0.25) is 5.02 Å². The van der Waals surface area contributed by atoms with E-state index in [1.54, 1.807) is 0 Å². The first kappa shape index (κ1) is 13.2. The van der Waals surface area contributed by atoms with E-state index in [2.05, 4.69) is 24.0 Å². The first-order valence-electron chi connectivity index (χ1n) is 6.14. The summed E-state index contributed by atoms with van der Waals surface area (Å²) in [4.78, 5) is 6.53. The van der Waals surface area contributed by atoms with Gasteiger partial charge in [-0.2, -0.15) is 0 Å². The lowest BCUT2D eigenvalue weighted by Crippen LogP contribution is -2.13. The predicted octanol–water partition coefficient (Wildman–Crippen LogP) is 2.61.